The third-order valence-corrected chi connectivity index (χ3v) is 4.37. The Balaban J connectivity index is 0.00000131. The smallest absolute Gasteiger partial charge is 0.158 e. The van der Waals surface area contributed by atoms with E-state index in [-0.39, 0.29) is 30.9 Å². The number of fused-ring (bicyclic) bond motifs is 1. The monoisotopic (exact) mass is 401 g/mol. The first-order valence-electron chi connectivity index (χ1n) is 8.26. The van der Waals surface area contributed by atoms with Crippen molar-refractivity contribution in [3.8, 4) is 11.3 Å². The highest BCUT2D eigenvalue weighted by atomic mass is 35.5. The number of nitrogens with two attached hydrogens (primary N) is 1. The molecule has 0 aliphatic carbocycles. The first-order chi connectivity index (χ1) is 12.2. The highest BCUT2D eigenvalue weighted by molar-refractivity contribution is 5.92. The predicted octanol–water partition coefficient (Wildman–Crippen LogP) is 4.12. The second-order valence-corrected chi connectivity index (χ2v) is 6.07. The molecule has 0 spiro atoms. The minimum absolute atomic E-state index is 0. The van der Waals surface area contributed by atoms with E-state index in [2.05, 4.69) is 22.1 Å². The van der Waals surface area contributed by atoms with Gasteiger partial charge in [-0.15, -0.1) is 24.8 Å². The van der Waals surface area contributed by atoms with Crippen molar-refractivity contribution in [2.75, 3.05) is 0 Å². The molecule has 3 aromatic heterocycles. The molecule has 1 atom stereocenters. The van der Waals surface area contributed by atoms with Crippen molar-refractivity contribution >= 4 is 35.8 Å². The van der Waals surface area contributed by atoms with Crippen molar-refractivity contribution in [3.05, 3.63) is 78.2 Å². The summed E-state index contributed by atoms with van der Waals surface area (Å²) in [4.78, 5) is 8.82. The molecular formula is C20H21Cl2N5. The summed E-state index contributed by atoms with van der Waals surface area (Å²) in [5, 5.41) is 5.72. The summed E-state index contributed by atoms with van der Waals surface area (Å²) in [6.07, 6.45) is 4.26. The van der Waals surface area contributed by atoms with Crippen LogP contribution in [-0.4, -0.2) is 19.7 Å². The Morgan fingerprint density at radius 3 is 2.44 bits per heavy atom. The van der Waals surface area contributed by atoms with Gasteiger partial charge in [0, 0.05) is 48.5 Å². The molecule has 0 amide bonds. The largest absolute Gasteiger partial charge is 0.324 e. The van der Waals surface area contributed by atoms with Crippen molar-refractivity contribution in [1.82, 2.24) is 19.7 Å². The normalized spacial score (nSPS) is 11.5. The lowest BCUT2D eigenvalue weighted by molar-refractivity contribution is 0.707. The van der Waals surface area contributed by atoms with Crippen LogP contribution in [0.4, 0.5) is 0 Å². The maximum absolute atomic E-state index is 6.53. The first-order valence-corrected chi connectivity index (χ1v) is 8.26. The zero-order valence-electron chi connectivity index (χ0n) is 14.8. The third kappa shape index (κ3) is 4.11. The van der Waals surface area contributed by atoms with Crippen LogP contribution in [0.5, 0.6) is 0 Å². The van der Waals surface area contributed by atoms with Gasteiger partial charge in [-0.1, -0.05) is 30.3 Å². The molecule has 0 aliphatic rings. The molecular weight excluding hydrogens is 381 g/mol. The lowest BCUT2D eigenvalue weighted by Gasteiger charge is -2.15. The quantitative estimate of drug-likeness (QED) is 0.558. The van der Waals surface area contributed by atoms with Crippen molar-refractivity contribution < 1.29 is 0 Å². The van der Waals surface area contributed by atoms with Gasteiger partial charge in [-0.25, -0.2) is 9.67 Å². The van der Waals surface area contributed by atoms with Crippen LogP contribution in [0.15, 0.2) is 67.0 Å². The number of aromatic nitrogens is 4. The van der Waals surface area contributed by atoms with Gasteiger partial charge in [-0.2, -0.15) is 5.10 Å². The van der Waals surface area contributed by atoms with Gasteiger partial charge in [-0.05, 0) is 29.8 Å². The fourth-order valence-electron chi connectivity index (χ4n) is 3.18. The van der Waals surface area contributed by atoms with E-state index in [9.17, 15) is 0 Å². The molecule has 4 rings (SSSR count). The van der Waals surface area contributed by atoms with E-state index in [4.69, 9.17) is 10.8 Å². The van der Waals surface area contributed by atoms with Gasteiger partial charge in [0.25, 0.3) is 0 Å². The van der Waals surface area contributed by atoms with Crippen LogP contribution in [0, 0.1) is 0 Å². The van der Waals surface area contributed by atoms with E-state index in [1.165, 1.54) is 0 Å². The molecule has 0 fully saturated rings. The van der Waals surface area contributed by atoms with Crippen LogP contribution in [-0.2, 0) is 13.5 Å². The molecule has 0 saturated heterocycles. The number of halogens is 2. The molecule has 1 aromatic carbocycles. The number of hydrogen-bond acceptors (Lipinski definition) is 4. The van der Waals surface area contributed by atoms with Gasteiger partial charge in [0.05, 0.1) is 0 Å². The van der Waals surface area contributed by atoms with Crippen LogP contribution in [0.2, 0.25) is 0 Å². The van der Waals surface area contributed by atoms with E-state index >= 15 is 0 Å². The van der Waals surface area contributed by atoms with E-state index in [1.807, 2.05) is 54.2 Å². The molecule has 0 bridgehead atoms. The van der Waals surface area contributed by atoms with Crippen molar-refractivity contribution in [2.45, 2.75) is 12.5 Å². The molecule has 140 valence electrons. The SMILES string of the molecule is Cl.Cl.Cn1nc(-c2ccccc2[C@@H](N)Cc2ccccn2)c2cccnc21. The average molecular weight is 402 g/mol. The van der Waals surface area contributed by atoms with Crippen LogP contribution in [0.25, 0.3) is 22.3 Å². The number of aryl methyl sites for hydroxylation is 1. The van der Waals surface area contributed by atoms with Gasteiger partial charge in [0.1, 0.15) is 5.69 Å². The van der Waals surface area contributed by atoms with Crippen molar-refractivity contribution in [2.24, 2.45) is 12.8 Å². The maximum Gasteiger partial charge on any atom is 0.158 e. The molecule has 0 radical (unpaired) electrons. The topological polar surface area (TPSA) is 69.6 Å². The van der Waals surface area contributed by atoms with E-state index in [1.54, 1.807) is 12.4 Å². The number of nitrogens with zero attached hydrogens (tertiary/aromatic N) is 4. The molecule has 4 aromatic rings. The molecule has 5 nitrogen and oxygen atoms in total. The minimum atomic E-state index is -0.153. The lowest BCUT2D eigenvalue weighted by Crippen LogP contribution is -2.15. The zero-order chi connectivity index (χ0) is 17.2. The summed E-state index contributed by atoms with van der Waals surface area (Å²) >= 11 is 0. The van der Waals surface area contributed by atoms with Crippen LogP contribution < -0.4 is 5.73 Å². The minimum Gasteiger partial charge on any atom is -0.324 e. The number of pyridine rings is 2. The second kappa shape index (κ2) is 8.95. The van der Waals surface area contributed by atoms with Gasteiger partial charge in [0.15, 0.2) is 5.65 Å². The van der Waals surface area contributed by atoms with Crippen LogP contribution in [0.1, 0.15) is 17.3 Å². The molecule has 0 aliphatic heterocycles. The standard InChI is InChI=1S/C20H19N5.2ClH/c1-25-20-17(10-6-12-23-20)19(24-25)16-9-3-2-8-15(16)18(21)13-14-7-4-5-11-22-14;;/h2-12,18H,13,21H2,1H3;2*1H/t18-;;/m0../s1. The van der Waals surface area contributed by atoms with E-state index in [0.29, 0.717) is 6.42 Å². The predicted molar refractivity (Wildman–Crippen MR) is 113 cm³/mol. The second-order valence-electron chi connectivity index (χ2n) is 6.07. The Labute approximate surface area is 170 Å². The highest BCUT2D eigenvalue weighted by Crippen LogP contribution is 2.32. The number of hydrogen-bond donors (Lipinski definition) is 1. The van der Waals surface area contributed by atoms with Gasteiger partial charge >= 0.3 is 0 Å². The Kier molecular flexibility index (Phi) is 6.91. The summed E-state index contributed by atoms with van der Waals surface area (Å²) in [6.45, 7) is 0. The molecule has 0 unspecified atom stereocenters. The molecule has 3 heterocycles. The Morgan fingerprint density at radius 1 is 0.926 bits per heavy atom. The Morgan fingerprint density at radius 2 is 1.67 bits per heavy atom. The first kappa shape index (κ1) is 20.8. The molecule has 0 saturated carbocycles. The lowest BCUT2D eigenvalue weighted by atomic mass is 9.94. The molecule has 7 heteroatoms. The number of rotatable bonds is 4. The number of benzene rings is 1. The highest BCUT2D eigenvalue weighted by Gasteiger charge is 2.18. The van der Waals surface area contributed by atoms with Crippen LogP contribution >= 0.6 is 24.8 Å². The average Bonchev–Trinajstić information content (AvgIpc) is 3.00. The summed E-state index contributed by atoms with van der Waals surface area (Å²) in [7, 11) is 1.91. The van der Waals surface area contributed by atoms with Crippen molar-refractivity contribution in [3.63, 3.8) is 0 Å². The van der Waals surface area contributed by atoms with E-state index in [0.717, 1.165) is 33.5 Å². The summed E-state index contributed by atoms with van der Waals surface area (Å²) in [6, 6.07) is 17.9. The van der Waals surface area contributed by atoms with Gasteiger partial charge in [-0.3, -0.25) is 4.98 Å². The Bertz CT molecular complexity index is 1020. The van der Waals surface area contributed by atoms with Gasteiger partial charge in [0.2, 0.25) is 0 Å². The fourth-order valence-corrected chi connectivity index (χ4v) is 3.18. The van der Waals surface area contributed by atoms with Gasteiger partial charge < -0.3 is 5.73 Å². The molecule has 27 heavy (non-hydrogen) atoms. The fraction of sp³-hybridized carbons (Fsp3) is 0.150. The maximum atomic E-state index is 6.53. The summed E-state index contributed by atoms with van der Waals surface area (Å²) < 4.78 is 1.81. The van der Waals surface area contributed by atoms with Crippen LogP contribution in [0.3, 0.4) is 0 Å². The summed E-state index contributed by atoms with van der Waals surface area (Å²) in [5.41, 5.74) is 11.4. The Hall–Kier alpha value is -2.47. The third-order valence-electron chi connectivity index (χ3n) is 4.37. The molecule has 2 N–H and O–H groups in total. The van der Waals surface area contributed by atoms with Crippen molar-refractivity contribution in [1.29, 1.82) is 0 Å². The zero-order valence-corrected chi connectivity index (χ0v) is 16.5. The summed E-state index contributed by atoms with van der Waals surface area (Å²) in [5.74, 6) is 0. The van der Waals surface area contributed by atoms with E-state index < -0.39 is 0 Å².